The standard InChI is InChI=1S/C28H38N4OS.C3H5F3.CH2O/c1-3-28(24-12-6-4-10-22(24)23-11-5-7-13-25(23)28)16-8-9-17-32-18-14-21(15-19-32)31-27(33)26(34-30)20(2)29;1-2-3(4,5)6;1-2/h4-7,10-13,21H,3,8-9,14-19,29-30H2,1-2H3,(H,31,33);2H2,1H3;1H2/b26-20-;;. The summed E-state index contributed by atoms with van der Waals surface area (Å²) in [6, 6.07) is 18.2. The number of rotatable bonds is 9. The lowest BCUT2D eigenvalue weighted by molar-refractivity contribution is -0.130. The van der Waals surface area contributed by atoms with E-state index in [-0.39, 0.29) is 17.4 Å². The SMILES string of the molecule is C=O.CCC(F)(F)F.CCC1(CCCCN2CCC(NC(=O)/C(SN)=C(\C)N)CC2)c2ccccc2-c2ccccc21. The molecule has 4 rings (SSSR count). The number of carbonyl (C=O) groups excluding carboxylic acids is 2. The van der Waals surface area contributed by atoms with Crippen LogP contribution >= 0.6 is 11.9 Å². The normalized spacial score (nSPS) is 16.5. The highest BCUT2D eigenvalue weighted by atomic mass is 32.2. The number of unbranched alkanes of at least 4 members (excludes halogenated alkanes) is 1. The monoisotopic (exact) mass is 606 g/mol. The van der Waals surface area contributed by atoms with Crippen molar-refractivity contribution in [1.82, 2.24) is 10.2 Å². The Morgan fingerprint density at radius 2 is 1.52 bits per heavy atom. The van der Waals surface area contributed by atoms with Crippen molar-refractivity contribution in [2.45, 2.75) is 83.4 Å². The first-order chi connectivity index (χ1) is 20.1. The molecule has 2 aromatic carbocycles. The van der Waals surface area contributed by atoms with Crippen molar-refractivity contribution >= 4 is 24.6 Å². The maximum Gasteiger partial charge on any atom is 0.388 e. The molecule has 1 amide bonds. The van der Waals surface area contributed by atoms with E-state index in [0.717, 1.165) is 57.8 Å². The van der Waals surface area contributed by atoms with Gasteiger partial charge in [-0.05, 0) is 79.8 Å². The zero-order valence-corrected chi connectivity index (χ0v) is 25.8. The second kappa shape index (κ2) is 16.7. The summed E-state index contributed by atoms with van der Waals surface area (Å²) in [4.78, 5) is 23.3. The predicted octanol–water partition coefficient (Wildman–Crippen LogP) is 6.68. The van der Waals surface area contributed by atoms with Crippen LogP contribution in [0.5, 0.6) is 0 Å². The summed E-state index contributed by atoms with van der Waals surface area (Å²) in [5.41, 5.74) is 12.2. The molecule has 0 unspecified atom stereocenters. The van der Waals surface area contributed by atoms with E-state index in [1.54, 1.807) is 6.92 Å². The van der Waals surface area contributed by atoms with Gasteiger partial charge in [0.05, 0.1) is 0 Å². The molecule has 0 saturated carbocycles. The summed E-state index contributed by atoms with van der Waals surface area (Å²) < 4.78 is 32.4. The molecule has 2 aromatic rings. The van der Waals surface area contributed by atoms with Crippen molar-refractivity contribution in [3.05, 3.63) is 70.3 Å². The van der Waals surface area contributed by atoms with Crippen molar-refractivity contribution < 1.29 is 22.8 Å². The highest BCUT2D eigenvalue weighted by Crippen LogP contribution is 2.53. The largest absolute Gasteiger partial charge is 0.401 e. The summed E-state index contributed by atoms with van der Waals surface area (Å²) in [6.07, 6.45) is 1.99. The third-order valence-corrected chi connectivity index (χ3v) is 8.86. The lowest BCUT2D eigenvalue weighted by Gasteiger charge is -2.34. The molecule has 0 aromatic heterocycles. The van der Waals surface area contributed by atoms with Crippen LogP contribution in [0.1, 0.15) is 76.8 Å². The zero-order valence-electron chi connectivity index (χ0n) is 24.9. The summed E-state index contributed by atoms with van der Waals surface area (Å²) in [7, 11) is 0. The third-order valence-electron chi connectivity index (χ3n) is 8.11. The number of halogens is 3. The van der Waals surface area contributed by atoms with Gasteiger partial charge < -0.3 is 20.7 Å². The number of nitrogens with one attached hydrogen (secondary N) is 1. The Bertz CT molecular complexity index is 1130. The van der Waals surface area contributed by atoms with E-state index in [0.29, 0.717) is 10.6 Å². The van der Waals surface area contributed by atoms with Crippen LogP contribution in [0, 0.1) is 0 Å². The second-order valence-electron chi connectivity index (χ2n) is 10.7. The van der Waals surface area contributed by atoms with Gasteiger partial charge in [-0.3, -0.25) is 9.93 Å². The van der Waals surface area contributed by atoms with Crippen molar-refractivity contribution in [3.8, 4) is 11.1 Å². The average Bonchev–Trinajstić information content (AvgIpc) is 3.27. The van der Waals surface area contributed by atoms with E-state index in [1.165, 1.54) is 41.5 Å². The molecule has 1 aliphatic heterocycles. The third kappa shape index (κ3) is 9.09. The Hall–Kier alpha value is -2.82. The van der Waals surface area contributed by atoms with E-state index in [2.05, 4.69) is 65.7 Å². The van der Waals surface area contributed by atoms with E-state index in [9.17, 15) is 18.0 Å². The van der Waals surface area contributed by atoms with Gasteiger partial charge in [-0.25, -0.2) is 0 Å². The second-order valence-corrected chi connectivity index (χ2v) is 11.3. The molecule has 10 heteroatoms. The molecule has 0 spiro atoms. The molecule has 6 nitrogen and oxygen atoms in total. The van der Waals surface area contributed by atoms with E-state index >= 15 is 0 Å². The highest BCUT2D eigenvalue weighted by molar-refractivity contribution is 8.01. The number of allylic oxidation sites excluding steroid dienone is 1. The van der Waals surface area contributed by atoms with Gasteiger partial charge in [0.25, 0.3) is 5.91 Å². The number of hydrogen-bond acceptors (Lipinski definition) is 6. The van der Waals surface area contributed by atoms with Gasteiger partial charge in [-0.1, -0.05) is 68.8 Å². The van der Waals surface area contributed by atoms with Crippen LogP contribution in [0.15, 0.2) is 59.1 Å². The smallest absolute Gasteiger partial charge is 0.388 e. The summed E-state index contributed by atoms with van der Waals surface area (Å²) in [6.45, 7) is 10.3. The van der Waals surface area contributed by atoms with Crippen molar-refractivity contribution in [2.24, 2.45) is 10.9 Å². The molecule has 232 valence electrons. The highest BCUT2D eigenvalue weighted by Gasteiger charge is 2.40. The van der Waals surface area contributed by atoms with Gasteiger partial charge >= 0.3 is 6.18 Å². The molecule has 0 bridgehead atoms. The first-order valence-electron chi connectivity index (χ1n) is 14.5. The van der Waals surface area contributed by atoms with Crippen LogP contribution in [0.4, 0.5) is 13.2 Å². The van der Waals surface area contributed by atoms with Gasteiger partial charge in [0.15, 0.2) is 0 Å². The van der Waals surface area contributed by atoms with Crippen molar-refractivity contribution in [3.63, 3.8) is 0 Å². The molecule has 1 saturated heterocycles. The first kappa shape index (κ1) is 35.4. The molecule has 0 radical (unpaired) electrons. The molecule has 1 aliphatic carbocycles. The van der Waals surface area contributed by atoms with Crippen LogP contribution in [-0.4, -0.2) is 49.4 Å². The van der Waals surface area contributed by atoms with E-state index in [1.807, 2.05) is 6.79 Å². The van der Waals surface area contributed by atoms with Crippen LogP contribution < -0.4 is 16.2 Å². The number of alkyl halides is 3. The Balaban J connectivity index is 0.000000686. The molecular weight excluding hydrogens is 561 g/mol. The van der Waals surface area contributed by atoms with Crippen molar-refractivity contribution in [2.75, 3.05) is 19.6 Å². The molecule has 2 aliphatic rings. The number of nitrogens with zero attached hydrogens (tertiary/aromatic N) is 1. The Kier molecular flexibility index (Phi) is 14.1. The fraction of sp³-hybridized carbons (Fsp3) is 0.500. The van der Waals surface area contributed by atoms with Gasteiger partial charge in [0, 0.05) is 36.7 Å². The predicted molar refractivity (Wildman–Crippen MR) is 167 cm³/mol. The summed E-state index contributed by atoms with van der Waals surface area (Å²) >= 11 is 0.924. The topological polar surface area (TPSA) is 101 Å². The minimum Gasteiger partial charge on any atom is -0.401 e. The van der Waals surface area contributed by atoms with Crippen LogP contribution in [-0.2, 0) is 15.0 Å². The van der Waals surface area contributed by atoms with Crippen LogP contribution in [0.25, 0.3) is 11.1 Å². The lowest BCUT2D eigenvalue weighted by atomic mass is 9.72. The first-order valence-corrected chi connectivity index (χ1v) is 15.4. The number of benzene rings is 2. The number of amides is 1. The zero-order chi connectivity index (χ0) is 31.3. The van der Waals surface area contributed by atoms with Crippen LogP contribution in [0.3, 0.4) is 0 Å². The minimum absolute atomic E-state index is 0.137. The number of hydrogen-bond donors (Lipinski definition) is 3. The van der Waals surface area contributed by atoms with Gasteiger partial charge in [-0.2, -0.15) is 13.2 Å². The van der Waals surface area contributed by atoms with Gasteiger partial charge in [-0.15, -0.1) is 0 Å². The average molecular weight is 607 g/mol. The fourth-order valence-corrected chi connectivity index (χ4v) is 6.23. The number of likely N-dealkylation sites (tertiary alicyclic amines) is 1. The van der Waals surface area contributed by atoms with Gasteiger partial charge in [0.2, 0.25) is 0 Å². The van der Waals surface area contributed by atoms with Gasteiger partial charge in [0.1, 0.15) is 11.7 Å². The maximum absolute atomic E-state index is 12.4. The van der Waals surface area contributed by atoms with E-state index < -0.39 is 12.6 Å². The molecular formula is C32H45F3N4O2S. The molecule has 1 heterocycles. The lowest BCUT2D eigenvalue weighted by Crippen LogP contribution is -2.45. The van der Waals surface area contributed by atoms with E-state index in [4.69, 9.17) is 15.7 Å². The summed E-state index contributed by atoms with van der Waals surface area (Å²) in [5.74, 6) is -0.145. The Morgan fingerprint density at radius 3 is 1.95 bits per heavy atom. The Morgan fingerprint density at radius 1 is 1.02 bits per heavy atom. The van der Waals surface area contributed by atoms with Crippen LogP contribution in [0.2, 0.25) is 0 Å². The number of fused-ring (bicyclic) bond motifs is 3. The molecule has 42 heavy (non-hydrogen) atoms. The quantitative estimate of drug-likeness (QED) is 0.167. The molecule has 5 N–H and O–H groups in total. The minimum atomic E-state index is -3.96. The fourth-order valence-electron chi connectivity index (χ4n) is 5.88. The number of carbonyl (C=O) groups is 2. The molecule has 0 atom stereocenters. The number of piperidine rings is 1. The maximum atomic E-state index is 12.4. The van der Waals surface area contributed by atoms with Crippen molar-refractivity contribution in [1.29, 1.82) is 0 Å². The molecule has 1 fully saturated rings. The summed E-state index contributed by atoms with van der Waals surface area (Å²) in [5, 5.41) is 8.70. The number of nitrogens with two attached hydrogens (primary N) is 2. The Labute approximate surface area is 252 Å².